The first-order valence-electron chi connectivity index (χ1n) is 9.00. The molecule has 0 radical (unpaired) electrons. The topological polar surface area (TPSA) is 29.0 Å². The third kappa shape index (κ3) is 3.19. The molecule has 6 heteroatoms. The molecule has 0 bridgehead atoms. The van der Waals surface area contributed by atoms with E-state index in [1.807, 2.05) is 12.1 Å². The van der Waals surface area contributed by atoms with Crippen molar-refractivity contribution in [3.8, 4) is 11.1 Å². The third-order valence-corrected chi connectivity index (χ3v) is 6.44. The molecule has 0 spiro atoms. The Hall–Kier alpha value is -1.72. The van der Waals surface area contributed by atoms with Gasteiger partial charge in [-0.1, -0.05) is 31.4 Å². The lowest BCUT2D eigenvalue weighted by Crippen LogP contribution is -2.34. The van der Waals surface area contributed by atoms with Crippen LogP contribution in [0, 0.1) is 12.7 Å². The Labute approximate surface area is 161 Å². The summed E-state index contributed by atoms with van der Waals surface area (Å²) in [4.78, 5) is 13.4. The molecule has 2 aromatic heterocycles. The standard InChI is InChI=1S/C20H21ClFN3S/c1-12-16(13-8-10-14(22)11-9-13)17-18(23-20(21)24-19(17)26-12)25(2)15-6-4-3-5-7-15/h8-11,15H,3-7H2,1-2H3. The van der Waals surface area contributed by atoms with Gasteiger partial charge in [-0.25, -0.2) is 9.37 Å². The molecule has 0 unspecified atom stereocenters. The van der Waals surface area contributed by atoms with E-state index in [2.05, 4.69) is 28.8 Å². The molecule has 3 aromatic rings. The fraction of sp³-hybridized carbons (Fsp3) is 0.400. The summed E-state index contributed by atoms with van der Waals surface area (Å²) in [6.07, 6.45) is 6.17. The van der Waals surface area contributed by atoms with Gasteiger partial charge in [0.15, 0.2) is 0 Å². The Morgan fingerprint density at radius 2 is 1.81 bits per heavy atom. The lowest BCUT2D eigenvalue weighted by Gasteiger charge is -2.32. The number of rotatable bonds is 3. The highest BCUT2D eigenvalue weighted by molar-refractivity contribution is 7.19. The third-order valence-electron chi connectivity index (χ3n) is 5.27. The first-order valence-corrected chi connectivity index (χ1v) is 10.2. The summed E-state index contributed by atoms with van der Waals surface area (Å²) in [6.45, 7) is 2.07. The number of benzene rings is 1. The molecule has 0 amide bonds. The number of aromatic nitrogens is 2. The van der Waals surface area contributed by atoms with Crippen LogP contribution in [0.25, 0.3) is 21.3 Å². The van der Waals surface area contributed by atoms with Crippen molar-refractivity contribution in [1.29, 1.82) is 0 Å². The average molecular weight is 390 g/mol. The van der Waals surface area contributed by atoms with E-state index in [-0.39, 0.29) is 11.1 Å². The van der Waals surface area contributed by atoms with Crippen molar-refractivity contribution in [3.05, 3.63) is 40.2 Å². The maximum Gasteiger partial charge on any atom is 0.225 e. The Balaban J connectivity index is 1.90. The largest absolute Gasteiger partial charge is 0.356 e. The van der Waals surface area contributed by atoms with Gasteiger partial charge in [0.1, 0.15) is 16.5 Å². The van der Waals surface area contributed by atoms with Crippen LogP contribution in [0.5, 0.6) is 0 Å². The second kappa shape index (κ2) is 7.12. The van der Waals surface area contributed by atoms with Crippen LogP contribution in [-0.2, 0) is 0 Å². The van der Waals surface area contributed by atoms with Crippen molar-refractivity contribution in [2.45, 2.75) is 45.1 Å². The predicted octanol–water partition coefficient (Wildman–Crippen LogP) is 6.23. The van der Waals surface area contributed by atoms with Gasteiger partial charge in [0.2, 0.25) is 5.28 Å². The van der Waals surface area contributed by atoms with Gasteiger partial charge in [0.05, 0.1) is 5.39 Å². The molecular weight excluding hydrogens is 369 g/mol. The van der Waals surface area contributed by atoms with E-state index in [1.54, 1.807) is 11.3 Å². The molecule has 3 nitrogen and oxygen atoms in total. The normalized spacial score (nSPS) is 15.5. The van der Waals surface area contributed by atoms with E-state index >= 15 is 0 Å². The van der Waals surface area contributed by atoms with E-state index in [4.69, 9.17) is 11.6 Å². The Kier molecular flexibility index (Phi) is 4.84. The molecule has 0 saturated heterocycles. The summed E-state index contributed by atoms with van der Waals surface area (Å²) in [6, 6.07) is 7.12. The summed E-state index contributed by atoms with van der Waals surface area (Å²) < 4.78 is 13.4. The van der Waals surface area contributed by atoms with Crippen LogP contribution in [0.4, 0.5) is 10.2 Å². The molecular formula is C20H21ClFN3S. The van der Waals surface area contributed by atoms with Crippen LogP contribution >= 0.6 is 22.9 Å². The zero-order valence-electron chi connectivity index (χ0n) is 14.9. The summed E-state index contributed by atoms with van der Waals surface area (Å²) in [5.41, 5.74) is 2.07. The van der Waals surface area contributed by atoms with Gasteiger partial charge in [-0.15, -0.1) is 11.3 Å². The smallest absolute Gasteiger partial charge is 0.225 e. The Morgan fingerprint density at radius 3 is 2.50 bits per heavy atom. The minimum absolute atomic E-state index is 0.232. The number of hydrogen-bond acceptors (Lipinski definition) is 4. The summed E-state index contributed by atoms with van der Waals surface area (Å²) in [7, 11) is 2.11. The molecule has 1 saturated carbocycles. The van der Waals surface area contributed by atoms with Crippen molar-refractivity contribution < 1.29 is 4.39 Å². The number of aryl methyl sites for hydroxylation is 1. The number of thiophene rings is 1. The summed E-state index contributed by atoms with van der Waals surface area (Å²) in [5.74, 6) is 0.653. The van der Waals surface area contributed by atoms with E-state index < -0.39 is 0 Å². The predicted molar refractivity (Wildman–Crippen MR) is 108 cm³/mol. The number of anilines is 1. The van der Waals surface area contributed by atoms with Gasteiger partial charge in [-0.05, 0) is 49.1 Å². The molecule has 4 rings (SSSR count). The van der Waals surface area contributed by atoms with Gasteiger partial charge < -0.3 is 4.90 Å². The van der Waals surface area contributed by atoms with Crippen LogP contribution in [0.1, 0.15) is 37.0 Å². The fourth-order valence-electron chi connectivity index (χ4n) is 3.93. The highest BCUT2D eigenvalue weighted by Crippen LogP contribution is 2.43. The second-order valence-electron chi connectivity index (χ2n) is 6.94. The molecule has 26 heavy (non-hydrogen) atoms. The zero-order valence-corrected chi connectivity index (χ0v) is 16.5. The summed E-state index contributed by atoms with van der Waals surface area (Å²) in [5, 5.41) is 1.30. The lowest BCUT2D eigenvalue weighted by molar-refractivity contribution is 0.426. The molecule has 1 fully saturated rings. The SMILES string of the molecule is Cc1sc2nc(Cl)nc(N(C)C3CCCCC3)c2c1-c1ccc(F)cc1. The fourth-order valence-corrected chi connectivity index (χ4v) is 5.18. The first-order chi connectivity index (χ1) is 12.5. The highest BCUT2D eigenvalue weighted by Gasteiger charge is 2.25. The quantitative estimate of drug-likeness (QED) is 0.497. The van der Waals surface area contributed by atoms with E-state index in [1.165, 1.54) is 44.2 Å². The van der Waals surface area contributed by atoms with Gasteiger partial charge >= 0.3 is 0 Å². The summed E-state index contributed by atoms with van der Waals surface area (Å²) >= 11 is 7.86. The number of nitrogens with zero attached hydrogens (tertiary/aromatic N) is 3. The van der Waals surface area contributed by atoms with Crippen molar-refractivity contribution in [1.82, 2.24) is 9.97 Å². The molecule has 0 atom stereocenters. The van der Waals surface area contributed by atoms with Crippen molar-refractivity contribution in [3.63, 3.8) is 0 Å². The van der Waals surface area contributed by atoms with Crippen LogP contribution in [0.3, 0.4) is 0 Å². The monoisotopic (exact) mass is 389 g/mol. The highest BCUT2D eigenvalue weighted by atomic mass is 35.5. The molecule has 1 aliphatic rings. The average Bonchev–Trinajstić information content (AvgIpc) is 2.97. The molecule has 1 aromatic carbocycles. The maximum absolute atomic E-state index is 13.4. The number of fused-ring (bicyclic) bond motifs is 1. The molecule has 136 valence electrons. The van der Waals surface area contributed by atoms with E-state index in [9.17, 15) is 4.39 Å². The van der Waals surface area contributed by atoms with Crippen LogP contribution in [-0.4, -0.2) is 23.1 Å². The molecule has 0 N–H and O–H groups in total. The maximum atomic E-state index is 13.4. The van der Waals surface area contributed by atoms with Crippen molar-refractivity contribution in [2.75, 3.05) is 11.9 Å². The van der Waals surface area contributed by atoms with E-state index in [0.717, 1.165) is 32.0 Å². The Bertz CT molecular complexity index is 932. The van der Waals surface area contributed by atoms with Gasteiger partial charge in [0.25, 0.3) is 0 Å². The van der Waals surface area contributed by atoms with Crippen molar-refractivity contribution >= 4 is 39.0 Å². The van der Waals surface area contributed by atoms with E-state index in [0.29, 0.717) is 6.04 Å². The van der Waals surface area contributed by atoms with Crippen LogP contribution in [0.15, 0.2) is 24.3 Å². The van der Waals surface area contributed by atoms with Gasteiger partial charge in [-0.2, -0.15) is 4.98 Å². The minimum atomic E-state index is -0.232. The zero-order chi connectivity index (χ0) is 18.3. The number of halogens is 2. The Morgan fingerprint density at radius 1 is 1.12 bits per heavy atom. The van der Waals surface area contributed by atoms with Crippen LogP contribution in [0.2, 0.25) is 5.28 Å². The minimum Gasteiger partial charge on any atom is -0.356 e. The first kappa shape index (κ1) is 17.7. The second-order valence-corrected chi connectivity index (χ2v) is 8.48. The molecule has 1 aliphatic carbocycles. The lowest BCUT2D eigenvalue weighted by atomic mass is 9.94. The van der Waals surface area contributed by atoms with Gasteiger partial charge in [-0.3, -0.25) is 0 Å². The van der Waals surface area contributed by atoms with Crippen LogP contribution < -0.4 is 4.90 Å². The molecule has 2 heterocycles. The van der Waals surface area contributed by atoms with Crippen molar-refractivity contribution in [2.24, 2.45) is 0 Å². The number of hydrogen-bond donors (Lipinski definition) is 0. The molecule has 0 aliphatic heterocycles. The van der Waals surface area contributed by atoms with Gasteiger partial charge in [0, 0.05) is 23.5 Å².